The Labute approximate surface area is 122 Å². The predicted molar refractivity (Wildman–Crippen MR) is 79.5 cm³/mol. The summed E-state index contributed by atoms with van der Waals surface area (Å²) in [6.45, 7) is 6.02. The second kappa shape index (κ2) is 5.85. The fraction of sp³-hybridized carbons (Fsp3) is 0.467. The van der Waals surface area contributed by atoms with E-state index < -0.39 is 0 Å². The molecule has 0 amide bonds. The Morgan fingerprint density at radius 1 is 1.37 bits per heavy atom. The molecule has 0 bridgehead atoms. The van der Waals surface area contributed by atoms with E-state index >= 15 is 0 Å². The van der Waals surface area contributed by atoms with E-state index in [4.69, 9.17) is 15.9 Å². The maximum absolute atomic E-state index is 5.71. The van der Waals surface area contributed by atoms with Crippen LogP contribution in [0.25, 0.3) is 0 Å². The van der Waals surface area contributed by atoms with E-state index in [1.54, 1.807) is 0 Å². The molecule has 1 aliphatic heterocycles. The van der Waals surface area contributed by atoms with Gasteiger partial charge in [-0.25, -0.2) is 0 Å². The van der Waals surface area contributed by atoms with Gasteiger partial charge in [0.1, 0.15) is 0 Å². The number of hydrogen-bond donors (Lipinski definition) is 1. The molecule has 1 aromatic rings. The van der Waals surface area contributed by atoms with Gasteiger partial charge in [0.05, 0.1) is 23.2 Å². The molecule has 19 heavy (non-hydrogen) atoms. The monoisotopic (exact) mass is 323 g/mol. The van der Waals surface area contributed by atoms with Gasteiger partial charge >= 0.3 is 0 Å². The third kappa shape index (κ3) is 3.65. The third-order valence-electron chi connectivity index (χ3n) is 2.96. The second-order valence-corrected chi connectivity index (χ2v) is 5.93. The molecule has 1 N–H and O–H groups in total. The van der Waals surface area contributed by atoms with Crippen molar-refractivity contribution >= 4 is 15.9 Å². The van der Waals surface area contributed by atoms with Crippen LogP contribution in [0, 0.1) is 12.3 Å². The Kier molecular flexibility index (Phi) is 4.38. The normalized spacial score (nSPS) is 14.6. The van der Waals surface area contributed by atoms with Crippen LogP contribution in [0.3, 0.4) is 0 Å². The molecular formula is C15H18BrNO2. The van der Waals surface area contributed by atoms with Crippen molar-refractivity contribution in [2.24, 2.45) is 0 Å². The van der Waals surface area contributed by atoms with Crippen LogP contribution in [0.1, 0.15) is 25.8 Å². The topological polar surface area (TPSA) is 30.5 Å². The smallest absolute Gasteiger partial charge is 0.175 e. The summed E-state index contributed by atoms with van der Waals surface area (Å²) in [7, 11) is 0. The number of fused-ring (bicyclic) bond motifs is 1. The molecule has 1 aliphatic rings. The number of terminal acetylenes is 1. The minimum atomic E-state index is -0.323. The van der Waals surface area contributed by atoms with Gasteiger partial charge < -0.3 is 9.47 Å². The maximum Gasteiger partial charge on any atom is 0.175 e. The molecule has 0 saturated heterocycles. The maximum atomic E-state index is 5.71. The van der Waals surface area contributed by atoms with Crippen molar-refractivity contribution in [3.05, 3.63) is 22.2 Å². The van der Waals surface area contributed by atoms with E-state index in [0.29, 0.717) is 19.8 Å². The molecule has 0 unspecified atom stereocenters. The van der Waals surface area contributed by atoms with Crippen molar-refractivity contribution in [1.82, 2.24) is 5.32 Å². The quantitative estimate of drug-likeness (QED) is 0.867. The first-order valence-corrected chi connectivity index (χ1v) is 7.12. The SMILES string of the molecule is C#CC(C)(C)NCc1cc(Br)c2c(c1)OCCCO2. The number of halogens is 1. The zero-order valence-corrected chi connectivity index (χ0v) is 12.8. The van der Waals surface area contributed by atoms with Gasteiger partial charge in [0, 0.05) is 13.0 Å². The summed E-state index contributed by atoms with van der Waals surface area (Å²) in [5, 5.41) is 3.32. The van der Waals surface area contributed by atoms with Crippen molar-refractivity contribution in [3.8, 4) is 23.8 Å². The van der Waals surface area contributed by atoms with Gasteiger partial charge in [0.25, 0.3) is 0 Å². The molecule has 0 saturated carbocycles. The van der Waals surface area contributed by atoms with E-state index in [2.05, 4.69) is 27.2 Å². The lowest BCUT2D eigenvalue weighted by Gasteiger charge is -2.20. The van der Waals surface area contributed by atoms with Gasteiger partial charge in [-0.05, 0) is 47.5 Å². The lowest BCUT2D eigenvalue weighted by Crippen LogP contribution is -2.36. The molecule has 0 radical (unpaired) electrons. The predicted octanol–water partition coefficient (Wildman–Crippen LogP) is 3.11. The molecule has 102 valence electrons. The number of hydrogen-bond acceptors (Lipinski definition) is 3. The standard InChI is InChI=1S/C15H18BrNO2/c1-4-15(2,3)17-10-11-8-12(16)14-13(9-11)18-6-5-7-19-14/h1,8-9,17H,5-7,10H2,2-3H3. The van der Waals surface area contributed by atoms with Crippen LogP contribution < -0.4 is 14.8 Å². The van der Waals surface area contributed by atoms with Crippen LogP contribution >= 0.6 is 15.9 Å². The van der Waals surface area contributed by atoms with E-state index in [1.165, 1.54) is 0 Å². The fourth-order valence-electron chi connectivity index (χ4n) is 1.76. The first-order chi connectivity index (χ1) is 9.02. The summed E-state index contributed by atoms with van der Waals surface area (Å²) in [4.78, 5) is 0. The first kappa shape index (κ1) is 14.2. The zero-order valence-electron chi connectivity index (χ0n) is 11.3. The van der Waals surface area contributed by atoms with Crippen LogP contribution in [0.15, 0.2) is 16.6 Å². The largest absolute Gasteiger partial charge is 0.490 e. The zero-order chi connectivity index (χ0) is 13.9. The summed E-state index contributed by atoms with van der Waals surface area (Å²) in [6.07, 6.45) is 6.37. The van der Waals surface area contributed by atoms with Gasteiger partial charge in [-0.15, -0.1) is 6.42 Å². The van der Waals surface area contributed by atoms with E-state index in [9.17, 15) is 0 Å². The second-order valence-electron chi connectivity index (χ2n) is 5.08. The molecule has 1 aromatic carbocycles. The molecular weight excluding hydrogens is 306 g/mol. The van der Waals surface area contributed by atoms with Gasteiger partial charge in [-0.1, -0.05) is 5.92 Å². The number of benzene rings is 1. The molecule has 0 fully saturated rings. The Hall–Kier alpha value is -1.18. The lowest BCUT2D eigenvalue weighted by atomic mass is 10.1. The minimum Gasteiger partial charge on any atom is -0.490 e. The van der Waals surface area contributed by atoms with Crippen LogP contribution in [0.2, 0.25) is 0 Å². The third-order valence-corrected chi connectivity index (χ3v) is 3.55. The molecule has 0 atom stereocenters. The lowest BCUT2D eigenvalue weighted by molar-refractivity contribution is 0.296. The molecule has 2 rings (SSSR count). The van der Waals surface area contributed by atoms with Crippen LogP contribution in [0.4, 0.5) is 0 Å². The van der Waals surface area contributed by atoms with Crippen molar-refractivity contribution in [1.29, 1.82) is 0 Å². The molecule has 4 heteroatoms. The van der Waals surface area contributed by atoms with Gasteiger partial charge in [-0.3, -0.25) is 5.32 Å². The van der Waals surface area contributed by atoms with Crippen LogP contribution in [0.5, 0.6) is 11.5 Å². The Morgan fingerprint density at radius 2 is 2.11 bits per heavy atom. The van der Waals surface area contributed by atoms with E-state index in [0.717, 1.165) is 28.0 Å². The highest BCUT2D eigenvalue weighted by molar-refractivity contribution is 9.10. The summed E-state index contributed by atoms with van der Waals surface area (Å²) in [5.74, 6) is 4.30. The van der Waals surface area contributed by atoms with Crippen molar-refractivity contribution < 1.29 is 9.47 Å². The summed E-state index contributed by atoms with van der Waals surface area (Å²) in [6, 6.07) is 4.04. The number of rotatable bonds is 3. The van der Waals surface area contributed by atoms with Crippen LogP contribution in [-0.2, 0) is 6.54 Å². The number of ether oxygens (including phenoxy) is 2. The van der Waals surface area contributed by atoms with Crippen molar-refractivity contribution in [2.45, 2.75) is 32.4 Å². The highest BCUT2D eigenvalue weighted by atomic mass is 79.9. The average Bonchev–Trinajstić information content (AvgIpc) is 2.62. The van der Waals surface area contributed by atoms with Gasteiger partial charge in [0.2, 0.25) is 0 Å². The summed E-state index contributed by atoms with van der Waals surface area (Å²) >= 11 is 3.53. The van der Waals surface area contributed by atoms with Crippen LogP contribution in [-0.4, -0.2) is 18.8 Å². The van der Waals surface area contributed by atoms with Gasteiger partial charge in [0.15, 0.2) is 11.5 Å². The Bertz CT molecular complexity index is 506. The molecule has 1 heterocycles. The first-order valence-electron chi connectivity index (χ1n) is 6.33. The molecule has 0 aromatic heterocycles. The van der Waals surface area contributed by atoms with Crippen molar-refractivity contribution in [2.75, 3.05) is 13.2 Å². The molecule has 0 spiro atoms. The highest BCUT2D eigenvalue weighted by Gasteiger charge is 2.17. The Morgan fingerprint density at radius 3 is 2.84 bits per heavy atom. The summed E-state index contributed by atoms with van der Waals surface area (Å²) < 4.78 is 12.3. The average molecular weight is 324 g/mol. The van der Waals surface area contributed by atoms with E-state index in [1.807, 2.05) is 26.0 Å². The highest BCUT2D eigenvalue weighted by Crippen LogP contribution is 2.38. The van der Waals surface area contributed by atoms with Gasteiger partial charge in [-0.2, -0.15) is 0 Å². The summed E-state index contributed by atoms with van der Waals surface area (Å²) in [5.41, 5.74) is 0.788. The molecule has 0 aliphatic carbocycles. The number of nitrogens with one attached hydrogen (secondary N) is 1. The fourth-order valence-corrected chi connectivity index (χ4v) is 2.36. The Balaban J connectivity index is 2.17. The van der Waals surface area contributed by atoms with E-state index in [-0.39, 0.29) is 5.54 Å². The van der Waals surface area contributed by atoms with Crippen molar-refractivity contribution in [3.63, 3.8) is 0 Å². The minimum absolute atomic E-state index is 0.323. The molecule has 3 nitrogen and oxygen atoms in total.